The molecular weight excluding hydrogens is 250 g/mol. The maximum absolute atomic E-state index is 4.97. The van der Waals surface area contributed by atoms with Gasteiger partial charge in [0.05, 0.1) is 0 Å². The zero-order valence-corrected chi connectivity index (χ0v) is 10.7. The first-order valence-corrected chi connectivity index (χ1v) is 10.2. The van der Waals surface area contributed by atoms with Crippen LogP contribution in [0, 0.1) is 0 Å². The van der Waals surface area contributed by atoms with Gasteiger partial charge in [0, 0.05) is 0 Å². The van der Waals surface area contributed by atoms with Crippen LogP contribution in [0.25, 0.3) is 0 Å². The van der Waals surface area contributed by atoms with Crippen molar-refractivity contribution in [3.05, 3.63) is 29.8 Å². The zero-order chi connectivity index (χ0) is 9.40. The van der Waals surface area contributed by atoms with Crippen molar-refractivity contribution >= 4 is 27.9 Å². The third-order valence-corrected chi connectivity index (χ3v) is 1.27. The molecule has 0 spiro atoms. The number of halogens is 3. The van der Waals surface area contributed by atoms with Crippen molar-refractivity contribution in [3.8, 4) is 0 Å². The van der Waals surface area contributed by atoms with Crippen LogP contribution in [0.3, 0.4) is 0 Å². The van der Waals surface area contributed by atoms with E-state index in [2.05, 4.69) is 31.2 Å². The Labute approximate surface area is 91.6 Å². The molecule has 0 N–H and O–H groups in total. The molecule has 1 aromatic carbocycles. The van der Waals surface area contributed by atoms with Gasteiger partial charge >= 0.3 is 42.6 Å². The van der Waals surface area contributed by atoms with E-state index < -0.39 is 14.7 Å². The summed E-state index contributed by atoms with van der Waals surface area (Å²) in [5.74, 6) is 0. The van der Waals surface area contributed by atoms with Crippen LogP contribution in [0.4, 0.5) is 0 Å². The van der Waals surface area contributed by atoms with Crippen LogP contribution in [0.15, 0.2) is 24.3 Å². The Hall–Kier alpha value is 0.934. The van der Waals surface area contributed by atoms with Crippen LogP contribution in [0.2, 0.25) is 0 Å². The predicted octanol–water partition coefficient (Wildman–Crippen LogP) is 4.42. The Balaban J connectivity index is 0.000000261. The quantitative estimate of drug-likeness (QED) is 0.546. The van der Waals surface area contributed by atoms with E-state index >= 15 is 0 Å². The van der Waals surface area contributed by atoms with Crippen LogP contribution in [-0.4, -0.2) is 0 Å². The van der Waals surface area contributed by atoms with Crippen molar-refractivity contribution in [2.75, 3.05) is 0 Å². The molecule has 0 aromatic heterocycles. The van der Waals surface area contributed by atoms with Crippen LogP contribution >= 0.6 is 27.9 Å². The number of aryl methyl sites for hydroxylation is 1. The van der Waals surface area contributed by atoms with Gasteiger partial charge in [-0.3, -0.25) is 0 Å². The standard InChI is InChI=1S/C8H11.3ClH.Ti/c1-2-5-8-6-3-4-7-8;;;;/h3-4,6-7H,2,5H2,1H3;3*1H;/q-1;;;;+4/p-3. The third kappa shape index (κ3) is 9.03. The van der Waals surface area contributed by atoms with Crippen molar-refractivity contribution in [3.63, 3.8) is 0 Å². The molecule has 0 bridgehead atoms. The molecule has 1 aromatic rings. The first-order valence-electron chi connectivity index (χ1n) is 3.70. The summed E-state index contributed by atoms with van der Waals surface area (Å²) >= 11 is -1.92. The Morgan fingerprint density at radius 3 is 1.92 bits per heavy atom. The van der Waals surface area contributed by atoms with Crippen LogP contribution in [0.5, 0.6) is 0 Å². The van der Waals surface area contributed by atoms with Gasteiger partial charge in [0.2, 0.25) is 0 Å². The van der Waals surface area contributed by atoms with Gasteiger partial charge in [-0.05, 0) is 0 Å². The second-order valence-electron chi connectivity index (χ2n) is 2.26. The van der Waals surface area contributed by atoms with Crippen LogP contribution in [0.1, 0.15) is 18.9 Å². The molecule has 0 saturated heterocycles. The molecule has 0 fully saturated rings. The maximum atomic E-state index is 4.97. The fourth-order valence-electron chi connectivity index (χ4n) is 0.869. The summed E-state index contributed by atoms with van der Waals surface area (Å²) in [7, 11) is 14.9. The molecule has 0 aliphatic heterocycles. The summed E-state index contributed by atoms with van der Waals surface area (Å²) in [5.41, 5.74) is 1.47. The Morgan fingerprint density at radius 1 is 1.17 bits per heavy atom. The van der Waals surface area contributed by atoms with Crippen molar-refractivity contribution in [2.24, 2.45) is 0 Å². The van der Waals surface area contributed by atoms with Gasteiger partial charge in [-0.25, -0.2) is 12.1 Å². The van der Waals surface area contributed by atoms with Gasteiger partial charge in [-0.1, -0.05) is 19.8 Å². The van der Waals surface area contributed by atoms with Gasteiger partial charge in [-0.2, -0.15) is 17.7 Å². The molecule has 0 amide bonds. The fraction of sp³-hybridized carbons (Fsp3) is 0.375. The van der Waals surface area contributed by atoms with E-state index in [4.69, 9.17) is 27.9 Å². The van der Waals surface area contributed by atoms with Gasteiger partial charge in [0.25, 0.3) is 0 Å². The predicted molar refractivity (Wildman–Crippen MR) is 53.6 cm³/mol. The van der Waals surface area contributed by atoms with E-state index in [9.17, 15) is 0 Å². The Bertz CT molecular complexity index is 170. The SMILES string of the molecule is CCC[c-]1cccc1.[Cl][Ti+]([Cl])[Cl]. The molecule has 68 valence electrons. The first kappa shape index (κ1) is 12.9. The second-order valence-corrected chi connectivity index (χ2v) is 9.99. The summed E-state index contributed by atoms with van der Waals surface area (Å²) in [5, 5.41) is 0. The summed E-state index contributed by atoms with van der Waals surface area (Å²) in [6.45, 7) is 2.20. The third-order valence-electron chi connectivity index (χ3n) is 1.27. The van der Waals surface area contributed by atoms with Crippen molar-refractivity contribution in [1.82, 2.24) is 0 Å². The average molecular weight is 261 g/mol. The van der Waals surface area contributed by atoms with Crippen molar-refractivity contribution < 1.29 is 14.7 Å². The molecule has 4 heteroatoms. The molecule has 12 heavy (non-hydrogen) atoms. The van der Waals surface area contributed by atoms with Gasteiger partial charge in [-0.15, -0.1) is 0 Å². The topological polar surface area (TPSA) is 0 Å². The summed E-state index contributed by atoms with van der Waals surface area (Å²) in [6, 6.07) is 8.52. The number of hydrogen-bond donors (Lipinski definition) is 0. The molecule has 0 unspecified atom stereocenters. The van der Waals surface area contributed by atoms with Crippen LogP contribution in [-0.2, 0) is 21.1 Å². The summed E-state index contributed by atoms with van der Waals surface area (Å²) in [6.07, 6.45) is 2.48. The molecule has 1 rings (SSSR count). The summed E-state index contributed by atoms with van der Waals surface area (Å²) < 4.78 is 0. The van der Waals surface area contributed by atoms with Gasteiger partial charge < -0.3 is 0 Å². The van der Waals surface area contributed by atoms with E-state index in [0.717, 1.165) is 0 Å². The van der Waals surface area contributed by atoms with E-state index in [-0.39, 0.29) is 0 Å². The van der Waals surface area contributed by atoms with Crippen LogP contribution < -0.4 is 0 Å². The first-order chi connectivity index (χ1) is 5.66. The summed E-state index contributed by atoms with van der Waals surface area (Å²) in [4.78, 5) is 0. The molecule has 0 radical (unpaired) electrons. The fourth-order valence-corrected chi connectivity index (χ4v) is 0.869. The van der Waals surface area contributed by atoms with Crippen molar-refractivity contribution in [2.45, 2.75) is 19.8 Å². The normalized spacial score (nSPS) is 8.67. The minimum absolute atomic E-state index is 1.23. The number of rotatable bonds is 2. The van der Waals surface area contributed by atoms with E-state index in [1.54, 1.807) is 0 Å². The van der Waals surface area contributed by atoms with E-state index in [1.807, 2.05) is 0 Å². The van der Waals surface area contributed by atoms with Gasteiger partial charge in [0.15, 0.2) is 0 Å². The Kier molecular flexibility index (Phi) is 9.19. The molecule has 0 saturated carbocycles. The molecule has 0 nitrogen and oxygen atoms in total. The minimum atomic E-state index is -1.92. The zero-order valence-electron chi connectivity index (χ0n) is 6.86. The second kappa shape index (κ2) is 8.53. The molecule has 0 atom stereocenters. The number of hydrogen-bond acceptors (Lipinski definition) is 0. The van der Waals surface area contributed by atoms with E-state index in [0.29, 0.717) is 0 Å². The molecule has 0 aliphatic rings. The molecule has 0 heterocycles. The van der Waals surface area contributed by atoms with Gasteiger partial charge in [0.1, 0.15) is 0 Å². The average Bonchev–Trinajstić information content (AvgIpc) is 2.39. The van der Waals surface area contributed by atoms with E-state index in [1.165, 1.54) is 18.4 Å². The monoisotopic (exact) mass is 260 g/mol. The molecule has 0 aliphatic carbocycles. The van der Waals surface area contributed by atoms with Crippen molar-refractivity contribution in [1.29, 1.82) is 0 Å². The molecular formula is C8H11Cl3Ti. The Morgan fingerprint density at radius 2 is 1.58 bits per heavy atom.